The molecule has 0 spiro atoms. The van der Waals surface area contributed by atoms with Crippen molar-refractivity contribution >= 4 is 24.8 Å². The van der Waals surface area contributed by atoms with Gasteiger partial charge in [-0.25, -0.2) is 4.39 Å². The van der Waals surface area contributed by atoms with Crippen molar-refractivity contribution in [2.45, 2.75) is 31.5 Å². The van der Waals surface area contributed by atoms with Gasteiger partial charge in [0.1, 0.15) is 5.82 Å². The van der Waals surface area contributed by atoms with Gasteiger partial charge < -0.3 is 5.32 Å². The molecule has 1 atom stereocenters. The van der Waals surface area contributed by atoms with E-state index in [1.165, 1.54) is 6.07 Å². The smallest absolute Gasteiger partial charge is 0.314 e. The predicted octanol–water partition coefficient (Wildman–Crippen LogP) is 4.43. The van der Waals surface area contributed by atoms with Crippen molar-refractivity contribution in [3.63, 3.8) is 0 Å². The second-order valence-electron chi connectivity index (χ2n) is 6.25. The molecule has 1 aliphatic heterocycles. The van der Waals surface area contributed by atoms with E-state index >= 15 is 0 Å². The molecule has 1 aromatic carbocycles. The lowest BCUT2D eigenvalue weighted by atomic mass is 9.96. The molecule has 24 heavy (non-hydrogen) atoms. The number of nitrogens with one attached hydrogen (secondary N) is 1. The van der Waals surface area contributed by atoms with E-state index in [4.69, 9.17) is 0 Å². The van der Waals surface area contributed by atoms with Gasteiger partial charge in [-0.2, -0.15) is 13.2 Å². The first-order chi connectivity index (χ1) is 10.4. The molecule has 1 aromatic rings. The standard InChI is InChI=1S/C16H20F4N2.2ClH/c17-14-9-12(8-13(10-14)16(18,19)20)15(7-11-1-2-11)22-5-3-21-4-6-22;;/h8-11,15,21H,1-7H2;2*1H/t15-;;/m0../s1. The normalized spacial score (nSPS) is 20.0. The third-order valence-electron chi connectivity index (χ3n) is 4.48. The Kier molecular flexibility index (Phi) is 7.78. The zero-order valence-corrected chi connectivity index (χ0v) is 14.7. The van der Waals surface area contributed by atoms with E-state index in [0.29, 0.717) is 17.5 Å². The molecule has 2 aliphatic rings. The van der Waals surface area contributed by atoms with Crippen LogP contribution in [0.15, 0.2) is 18.2 Å². The molecule has 1 saturated heterocycles. The van der Waals surface area contributed by atoms with Crippen LogP contribution in [-0.2, 0) is 6.18 Å². The molecule has 0 unspecified atom stereocenters. The molecule has 1 heterocycles. The largest absolute Gasteiger partial charge is 0.416 e. The molecule has 0 bridgehead atoms. The minimum atomic E-state index is -4.51. The van der Waals surface area contributed by atoms with Gasteiger partial charge in [0.2, 0.25) is 0 Å². The summed E-state index contributed by atoms with van der Waals surface area (Å²) in [4.78, 5) is 2.18. The van der Waals surface area contributed by atoms with Crippen LogP contribution in [0.25, 0.3) is 0 Å². The van der Waals surface area contributed by atoms with E-state index in [0.717, 1.165) is 51.5 Å². The quantitative estimate of drug-likeness (QED) is 0.767. The van der Waals surface area contributed by atoms with Crippen molar-refractivity contribution in [3.8, 4) is 0 Å². The number of hydrogen-bond donors (Lipinski definition) is 1. The van der Waals surface area contributed by atoms with Crippen LogP contribution in [0.3, 0.4) is 0 Å². The Labute approximate surface area is 151 Å². The summed E-state index contributed by atoms with van der Waals surface area (Å²) in [5.41, 5.74) is -0.431. The monoisotopic (exact) mass is 388 g/mol. The van der Waals surface area contributed by atoms with E-state index in [-0.39, 0.29) is 30.9 Å². The third-order valence-corrected chi connectivity index (χ3v) is 4.48. The first kappa shape index (κ1) is 21.5. The minimum Gasteiger partial charge on any atom is -0.314 e. The Balaban J connectivity index is 0.00000144. The fourth-order valence-corrected chi connectivity index (χ4v) is 3.13. The molecular formula is C16H22Cl2F4N2. The molecule has 0 amide bonds. The average molecular weight is 389 g/mol. The maximum atomic E-state index is 13.7. The third kappa shape index (κ3) is 5.48. The first-order valence-corrected chi connectivity index (χ1v) is 7.76. The Morgan fingerprint density at radius 2 is 1.71 bits per heavy atom. The average Bonchev–Trinajstić information content (AvgIpc) is 3.28. The minimum absolute atomic E-state index is 0. The Hall–Kier alpha value is -0.560. The van der Waals surface area contributed by atoms with E-state index in [1.54, 1.807) is 0 Å². The van der Waals surface area contributed by atoms with Crippen LogP contribution in [-0.4, -0.2) is 31.1 Å². The Morgan fingerprint density at radius 1 is 1.08 bits per heavy atom. The van der Waals surface area contributed by atoms with Crippen molar-refractivity contribution in [3.05, 3.63) is 35.1 Å². The first-order valence-electron chi connectivity index (χ1n) is 7.76. The summed E-state index contributed by atoms with van der Waals surface area (Å²) in [6.45, 7) is 3.22. The van der Waals surface area contributed by atoms with E-state index in [9.17, 15) is 17.6 Å². The molecule has 1 aliphatic carbocycles. The number of piperazine rings is 1. The van der Waals surface area contributed by atoms with Gasteiger partial charge in [-0.05, 0) is 36.1 Å². The van der Waals surface area contributed by atoms with Gasteiger partial charge >= 0.3 is 6.18 Å². The molecule has 1 saturated carbocycles. The number of nitrogens with zero attached hydrogens (tertiary/aromatic N) is 1. The highest BCUT2D eigenvalue weighted by molar-refractivity contribution is 5.85. The molecular weight excluding hydrogens is 367 g/mol. The number of benzene rings is 1. The predicted molar refractivity (Wildman–Crippen MR) is 90.4 cm³/mol. The van der Waals surface area contributed by atoms with E-state index < -0.39 is 17.6 Å². The number of halogens is 6. The van der Waals surface area contributed by atoms with Crippen LogP contribution in [0.5, 0.6) is 0 Å². The van der Waals surface area contributed by atoms with Crippen LogP contribution in [0.2, 0.25) is 0 Å². The molecule has 1 N–H and O–H groups in total. The lowest BCUT2D eigenvalue weighted by Gasteiger charge is -2.35. The summed E-state index contributed by atoms with van der Waals surface area (Å²) in [5, 5.41) is 3.24. The molecule has 2 nitrogen and oxygen atoms in total. The Morgan fingerprint density at radius 3 is 2.25 bits per heavy atom. The summed E-state index contributed by atoms with van der Waals surface area (Å²) in [6.07, 6.45) is -1.43. The SMILES string of the molecule is Cl.Cl.Fc1cc([C@H](CC2CC2)N2CCNCC2)cc(C(F)(F)F)c1. The lowest BCUT2D eigenvalue weighted by Crippen LogP contribution is -2.45. The second kappa shape index (κ2) is 8.70. The van der Waals surface area contributed by atoms with Crippen LogP contribution in [0.4, 0.5) is 17.6 Å². The van der Waals surface area contributed by atoms with Gasteiger partial charge in [-0.1, -0.05) is 12.8 Å². The maximum Gasteiger partial charge on any atom is 0.416 e. The van der Waals surface area contributed by atoms with Gasteiger partial charge in [0.25, 0.3) is 0 Å². The summed E-state index contributed by atoms with van der Waals surface area (Å²) in [7, 11) is 0. The van der Waals surface area contributed by atoms with Gasteiger partial charge in [0.05, 0.1) is 5.56 Å². The van der Waals surface area contributed by atoms with Crippen molar-refractivity contribution in [1.82, 2.24) is 10.2 Å². The number of hydrogen-bond acceptors (Lipinski definition) is 2. The second-order valence-corrected chi connectivity index (χ2v) is 6.25. The number of alkyl halides is 3. The molecule has 138 valence electrons. The van der Waals surface area contributed by atoms with Gasteiger partial charge in [0.15, 0.2) is 0 Å². The summed E-state index contributed by atoms with van der Waals surface area (Å²) < 4.78 is 52.5. The van der Waals surface area contributed by atoms with Crippen molar-refractivity contribution in [2.75, 3.05) is 26.2 Å². The fraction of sp³-hybridized carbons (Fsp3) is 0.625. The zero-order valence-electron chi connectivity index (χ0n) is 13.1. The highest BCUT2D eigenvalue weighted by Crippen LogP contribution is 2.41. The highest BCUT2D eigenvalue weighted by Gasteiger charge is 2.34. The van der Waals surface area contributed by atoms with E-state index in [2.05, 4.69) is 10.2 Å². The highest BCUT2D eigenvalue weighted by atomic mass is 35.5. The summed E-state index contributed by atoms with van der Waals surface area (Å²) in [6, 6.07) is 2.85. The molecule has 0 radical (unpaired) electrons. The lowest BCUT2D eigenvalue weighted by molar-refractivity contribution is -0.137. The van der Waals surface area contributed by atoms with Crippen LogP contribution in [0, 0.1) is 11.7 Å². The van der Waals surface area contributed by atoms with Gasteiger partial charge in [0, 0.05) is 32.2 Å². The molecule has 2 fully saturated rings. The van der Waals surface area contributed by atoms with Crippen molar-refractivity contribution in [1.29, 1.82) is 0 Å². The topological polar surface area (TPSA) is 15.3 Å². The fourth-order valence-electron chi connectivity index (χ4n) is 3.13. The molecule has 8 heteroatoms. The van der Waals surface area contributed by atoms with Gasteiger partial charge in [-0.3, -0.25) is 4.90 Å². The zero-order chi connectivity index (χ0) is 15.7. The van der Waals surface area contributed by atoms with Crippen LogP contribution in [0.1, 0.15) is 36.4 Å². The Bertz CT molecular complexity index is 529. The van der Waals surface area contributed by atoms with Crippen LogP contribution < -0.4 is 5.32 Å². The summed E-state index contributed by atoms with van der Waals surface area (Å²) >= 11 is 0. The maximum absolute atomic E-state index is 13.7. The van der Waals surface area contributed by atoms with Gasteiger partial charge in [-0.15, -0.1) is 24.8 Å². The van der Waals surface area contributed by atoms with Crippen molar-refractivity contribution < 1.29 is 17.6 Å². The summed E-state index contributed by atoms with van der Waals surface area (Å²) in [5.74, 6) is -0.238. The van der Waals surface area contributed by atoms with Crippen LogP contribution >= 0.6 is 24.8 Å². The van der Waals surface area contributed by atoms with Crippen molar-refractivity contribution in [2.24, 2.45) is 5.92 Å². The molecule has 0 aromatic heterocycles. The molecule has 3 rings (SSSR count). The number of rotatable bonds is 4. The van der Waals surface area contributed by atoms with E-state index in [1.807, 2.05) is 0 Å².